The normalized spacial score (nSPS) is 10.8. The maximum Gasteiger partial charge on any atom is 0.148 e. The fraction of sp³-hybridized carbons (Fsp3) is 0.125. The molecule has 0 atom stereocenters. The zero-order valence-corrected chi connectivity index (χ0v) is 6.21. The molecule has 0 radical (unpaired) electrons. The number of nitrogens with one attached hydrogen (secondary N) is 1. The van der Waals surface area contributed by atoms with E-state index in [-0.39, 0.29) is 12.4 Å². The van der Waals surface area contributed by atoms with Crippen LogP contribution in [0.5, 0.6) is 0 Å². The SMILES string of the molecule is OCc1ccc(F)c2[nH]cnc12. The van der Waals surface area contributed by atoms with Gasteiger partial charge in [-0.15, -0.1) is 0 Å². The summed E-state index contributed by atoms with van der Waals surface area (Å²) >= 11 is 0. The molecule has 1 heterocycles. The van der Waals surface area contributed by atoms with Crippen molar-refractivity contribution in [2.45, 2.75) is 6.61 Å². The lowest BCUT2D eigenvalue weighted by molar-refractivity contribution is 0.283. The lowest BCUT2D eigenvalue weighted by Gasteiger charge is -1.97. The van der Waals surface area contributed by atoms with Crippen LogP contribution in [0.25, 0.3) is 11.0 Å². The van der Waals surface area contributed by atoms with Crippen molar-refractivity contribution in [2.24, 2.45) is 0 Å². The molecule has 0 saturated carbocycles. The monoisotopic (exact) mass is 166 g/mol. The lowest BCUT2D eigenvalue weighted by atomic mass is 10.2. The zero-order valence-electron chi connectivity index (χ0n) is 6.21. The summed E-state index contributed by atoms with van der Waals surface area (Å²) in [6.45, 7) is -0.123. The summed E-state index contributed by atoms with van der Waals surface area (Å²) in [6, 6.07) is 2.84. The molecule has 1 aromatic carbocycles. The van der Waals surface area contributed by atoms with Gasteiger partial charge in [0.05, 0.1) is 18.5 Å². The quantitative estimate of drug-likeness (QED) is 0.668. The Morgan fingerprint density at radius 2 is 2.33 bits per heavy atom. The molecule has 0 spiro atoms. The molecule has 0 unspecified atom stereocenters. The molecular formula is C8H7FN2O. The summed E-state index contributed by atoms with van der Waals surface area (Å²) in [7, 11) is 0. The summed E-state index contributed by atoms with van der Waals surface area (Å²) in [6.07, 6.45) is 1.41. The van der Waals surface area contributed by atoms with Gasteiger partial charge in [0.15, 0.2) is 0 Å². The van der Waals surface area contributed by atoms with E-state index in [1.165, 1.54) is 18.5 Å². The average Bonchev–Trinajstić information content (AvgIpc) is 2.54. The fourth-order valence-corrected chi connectivity index (χ4v) is 1.18. The minimum atomic E-state index is -0.347. The minimum absolute atomic E-state index is 0.123. The van der Waals surface area contributed by atoms with E-state index in [1.807, 2.05) is 0 Å². The van der Waals surface area contributed by atoms with Gasteiger partial charge in [-0.05, 0) is 6.07 Å². The van der Waals surface area contributed by atoms with Gasteiger partial charge in [0, 0.05) is 5.56 Å². The molecule has 0 amide bonds. The number of hydrogen-bond acceptors (Lipinski definition) is 2. The highest BCUT2D eigenvalue weighted by Crippen LogP contribution is 2.17. The van der Waals surface area contributed by atoms with Crippen LogP contribution in [0.2, 0.25) is 0 Å². The van der Waals surface area contributed by atoms with Crippen LogP contribution < -0.4 is 0 Å². The van der Waals surface area contributed by atoms with Gasteiger partial charge in [-0.25, -0.2) is 9.37 Å². The van der Waals surface area contributed by atoms with Gasteiger partial charge >= 0.3 is 0 Å². The number of nitrogens with zero attached hydrogens (tertiary/aromatic N) is 1. The molecule has 2 rings (SSSR count). The first-order valence-corrected chi connectivity index (χ1v) is 3.54. The Bertz CT molecular complexity index is 410. The van der Waals surface area contributed by atoms with E-state index in [0.717, 1.165) is 0 Å². The molecule has 2 N–H and O–H groups in total. The van der Waals surface area contributed by atoms with E-state index in [4.69, 9.17) is 5.11 Å². The molecular weight excluding hydrogens is 159 g/mol. The van der Waals surface area contributed by atoms with E-state index in [0.29, 0.717) is 16.6 Å². The van der Waals surface area contributed by atoms with Gasteiger partial charge in [0.1, 0.15) is 11.3 Å². The molecule has 2 aromatic rings. The topological polar surface area (TPSA) is 48.9 Å². The Balaban J connectivity index is 2.82. The van der Waals surface area contributed by atoms with Crippen molar-refractivity contribution >= 4 is 11.0 Å². The van der Waals surface area contributed by atoms with Crippen LogP contribution in [0.1, 0.15) is 5.56 Å². The third-order valence-electron chi connectivity index (χ3n) is 1.78. The Morgan fingerprint density at radius 1 is 1.50 bits per heavy atom. The first kappa shape index (κ1) is 7.24. The summed E-state index contributed by atoms with van der Waals surface area (Å²) < 4.78 is 13.0. The molecule has 0 aliphatic carbocycles. The number of H-pyrrole nitrogens is 1. The molecule has 0 fully saturated rings. The Hall–Kier alpha value is -1.42. The molecule has 3 nitrogen and oxygen atoms in total. The first-order valence-electron chi connectivity index (χ1n) is 3.54. The number of aromatic nitrogens is 2. The van der Waals surface area contributed by atoms with Gasteiger partial charge in [-0.3, -0.25) is 0 Å². The summed E-state index contributed by atoms with van der Waals surface area (Å²) in [5.41, 5.74) is 1.48. The number of aliphatic hydroxyl groups is 1. The fourth-order valence-electron chi connectivity index (χ4n) is 1.18. The number of fused-ring (bicyclic) bond motifs is 1. The molecule has 0 aliphatic heterocycles. The van der Waals surface area contributed by atoms with E-state index in [1.54, 1.807) is 0 Å². The summed E-state index contributed by atoms with van der Waals surface area (Å²) in [5.74, 6) is -0.347. The second-order valence-electron chi connectivity index (χ2n) is 2.49. The van der Waals surface area contributed by atoms with Crippen LogP contribution in [0.15, 0.2) is 18.5 Å². The number of hydrogen-bond donors (Lipinski definition) is 2. The predicted octanol–water partition coefficient (Wildman–Crippen LogP) is 1.19. The lowest BCUT2D eigenvalue weighted by Crippen LogP contribution is -1.87. The van der Waals surface area contributed by atoms with Crippen LogP contribution in [0.3, 0.4) is 0 Å². The number of aromatic amines is 1. The number of rotatable bonds is 1. The number of halogens is 1. The molecule has 0 bridgehead atoms. The highest BCUT2D eigenvalue weighted by atomic mass is 19.1. The van der Waals surface area contributed by atoms with Crippen molar-refractivity contribution in [2.75, 3.05) is 0 Å². The maximum atomic E-state index is 13.0. The number of aliphatic hydroxyl groups excluding tert-OH is 1. The average molecular weight is 166 g/mol. The molecule has 4 heteroatoms. The third-order valence-corrected chi connectivity index (χ3v) is 1.78. The smallest absolute Gasteiger partial charge is 0.148 e. The highest BCUT2D eigenvalue weighted by molar-refractivity contribution is 5.78. The largest absolute Gasteiger partial charge is 0.392 e. The summed E-state index contributed by atoms with van der Waals surface area (Å²) in [5, 5.41) is 8.87. The number of benzene rings is 1. The predicted molar refractivity (Wildman–Crippen MR) is 42.0 cm³/mol. The molecule has 0 saturated heterocycles. The van der Waals surface area contributed by atoms with Crippen LogP contribution in [0.4, 0.5) is 4.39 Å². The van der Waals surface area contributed by atoms with Crippen molar-refractivity contribution in [3.05, 3.63) is 29.8 Å². The maximum absolute atomic E-state index is 13.0. The zero-order chi connectivity index (χ0) is 8.55. The molecule has 12 heavy (non-hydrogen) atoms. The Morgan fingerprint density at radius 3 is 3.08 bits per heavy atom. The second-order valence-corrected chi connectivity index (χ2v) is 2.49. The van der Waals surface area contributed by atoms with Crippen molar-refractivity contribution in [1.29, 1.82) is 0 Å². The van der Waals surface area contributed by atoms with E-state index in [9.17, 15) is 4.39 Å². The Labute approximate surface area is 67.9 Å². The van der Waals surface area contributed by atoms with Gasteiger partial charge in [-0.1, -0.05) is 6.07 Å². The van der Waals surface area contributed by atoms with Gasteiger partial charge in [-0.2, -0.15) is 0 Å². The number of imidazole rings is 1. The Kier molecular flexibility index (Phi) is 1.55. The van der Waals surface area contributed by atoms with Crippen molar-refractivity contribution < 1.29 is 9.50 Å². The van der Waals surface area contributed by atoms with Crippen molar-refractivity contribution in [3.63, 3.8) is 0 Å². The summed E-state index contributed by atoms with van der Waals surface area (Å²) in [4.78, 5) is 6.56. The van der Waals surface area contributed by atoms with Gasteiger partial charge in [0.25, 0.3) is 0 Å². The van der Waals surface area contributed by atoms with E-state index in [2.05, 4.69) is 9.97 Å². The van der Waals surface area contributed by atoms with E-state index < -0.39 is 0 Å². The van der Waals surface area contributed by atoms with Gasteiger partial charge < -0.3 is 10.1 Å². The van der Waals surface area contributed by atoms with Crippen molar-refractivity contribution in [1.82, 2.24) is 9.97 Å². The standard InChI is InChI=1S/C8H7FN2O/c9-6-2-1-5(3-12)7-8(6)11-4-10-7/h1-2,4,12H,3H2,(H,10,11). The second kappa shape index (κ2) is 2.57. The first-order chi connectivity index (χ1) is 5.83. The molecule has 62 valence electrons. The van der Waals surface area contributed by atoms with Crippen LogP contribution in [0, 0.1) is 5.82 Å². The molecule has 0 aliphatic rings. The van der Waals surface area contributed by atoms with Crippen LogP contribution >= 0.6 is 0 Å². The minimum Gasteiger partial charge on any atom is -0.392 e. The van der Waals surface area contributed by atoms with Crippen LogP contribution in [-0.2, 0) is 6.61 Å². The van der Waals surface area contributed by atoms with Crippen LogP contribution in [-0.4, -0.2) is 15.1 Å². The molecule has 1 aromatic heterocycles. The third kappa shape index (κ3) is 0.887. The van der Waals surface area contributed by atoms with Crippen molar-refractivity contribution in [3.8, 4) is 0 Å². The van der Waals surface area contributed by atoms with E-state index >= 15 is 0 Å². The van der Waals surface area contributed by atoms with Gasteiger partial charge in [0.2, 0.25) is 0 Å². The highest BCUT2D eigenvalue weighted by Gasteiger charge is 2.06.